The first-order valence-corrected chi connectivity index (χ1v) is 6.59. The molecule has 0 heterocycles. The van der Waals surface area contributed by atoms with Gasteiger partial charge in [-0.2, -0.15) is 0 Å². The molecule has 2 atom stereocenters. The Kier molecular flexibility index (Phi) is 3.43. The Balaban J connectivity index is 2.05. The average molecular weight is 297 g/mol. The number of benzene rings is 1. The van der Waals surface area contributed by atoms with Crippen LogP contribution in [-0.2, 0) is 0 Å². The quantitative estimate of drug-likeness (QED) is 0.872. The van der Waals surface area contributed by atoms with E-state index in [1.165, 1.54) is 6.42 Å². The minimum absolute atomic E-state index is 0.0600. The van der Waals surface area contributed by atoms with E-state index in [1.807, 2.05) is 7.05 Å². The third-order valence-corrected chi connectivity index (χ3v) is 4.07. The van der Waals surface area contributed by atoms with Gasteiger partial charge in [0.15, 0.2) is 0 Å². The molecule has 1 aliphatic rings. The van der Waals surface area contributed by atoms with Crippen LogP contribution in [0.3, 0.4) is 0 Å². The molecule has 0 saturated heterocycles. The molecule has 0 bridgehead atoms. The summed E-state index contributed by atoms with van der Waals surface area (Å²) in [5.41, 5.74) is 7.04. The van der Waals surface area contributed by atoms with E-state index in [2.05, 4.69) is 22.9 Å². The molecule has 1 saturated carbocycles. The van der Waals surface area contributed by atoms with Gasteiger partial charge in [-0.05, 0) is 52.4 Å². The molecule has 0 aromatic heterocycles. The molecular weight excluding hydrogens is 280 g/mol. The number of nitrogens with zero attached hydrogens (tertiary/aromatic N) is 1. The first kappa shape index (κ1) is 12.4. The van der Waals surface area contributed by atoms with E-state index >= 15 is 0 Å². The lowest BCUT2D eigenvalue weighted by Crippen LogP contribution is -2.29. The van der Waals surface area contributed by atoms with Gasteiger partial charge in [-0.15, -0.1) is 0 Å². The number of amides is 1. The van der Waals surface area contributed by atoms with Crippen LogP contribution in [-0.4, -0.2) is 24.4 Å². The van der Waals surface area contributed by atoms with Crippen molar-refractivity contribution in [3.8, 4) is 0 Å². The number of rotatable bonds is 3. The molecule has 3 nitrogen and oxygen atoms in total. The Hall–Kier alpha value is -1.03. The number of carbonyl (C=O) groups excluding carboxylic acids is 1. The maximum atomic E-state index is 12.1. The van der Waals surface area contributed by atoms with Crippen molar-refractivity contribution in [2.45, 2.75) is 13.3 Å². The topological polar surface area (TPSA) is 46.3 Å². The van der Waals surface area contributed by atoms with Crippen molar-refractivity contribution < 1.29 is 4.79 Å². The maximum absolute atomic E-state index is 12.1. The molecule has 0 aliphatic heterocycles. The molecule has 1 amide bonds. The molecule has 2 N–H and O–H groups in total. The van der Waals surface area contributed by atoms with Gasteiger partial charge < -0.3 is 10.6 Å². The SMILES string of the molecule is CC1CC1CN(C)C(=O)c1ccc(N)c(Br)c1. The van der Waals surface area contributed by atoms with Gasteiger partial charge >= 0.3 is 0 Å². The summed E-state index contributed by atoms with van der Waals surface area (Å²) in [5.74, 6) is 1.51. The summed E-state index contributed by atoms with van der Waals surface area (Å²) in [6.07, 6.45) is 1.24. The Morgan fingerprint density at radius 1 is 1.59 bits per heavy atom. The lowest BCUT2D eigenvalue weighted by Gasteiger charge is -2.17. The largest absolute Gasteiger partial charge is 0.398 e. The van der Waals surface area contributed by atoms with E-state index in [4.69, 9.17) is 5.73 Å². The van der Waals surface area contributed by atoms with Crippen molar-refractivity contribution >= 4 is 27.5 Å². The summed E-state index contributed by atoms with van der Waals surface area (Å²) in [7, 11) is 1.86. The predicted octanol–water partition coefficient (Wildman–Crippen LogP) is 2.76. The third kappa shape index (κ3) is 2.80. The molecule has 2 rings (SSSR count). The van der Waals surface area contributed by atoms with Crippen molar-refractivity contribution in [3.05, 3.63) is 28.2 Å². The second-order valence-electron chi connectivity index (χ2n) is 4.90. The van der Waals surface area contributed by atoms with Crippen LogP contribution in [0, 0.1) is 11.8 Å². The molecule has 17 heavy (non-hydrogen) atoms. The number of nitrogen functional groups attached to an aromatic ring is 1. The summed E-state index contributed by atoms with van der Waals surface area (Å²) >= 11 is 3.34. The second kappa shape index (κ2) is 4.69. The predicted molar refractivity (Wildman–Crippen MR) is 72.8 cm³/mol. The summed E-state index contributed by atoms with van der Waals surface area (Å²) < 4.78 is 0.775. The number of halogens is 1. The van der Waals surface area contributed by atoms with Crippen molar-refractivity contribution in [1.82, 2.24) is 4.90 Å². The first-order valence-electron chi connectivity index (χ1n) is 5.79. The van der Waals surface area contributed by atoms with Gasteiger partial charge in [-0.3, -0.25) is 4.79 Å². The molecule has 1 aromatic carbocycles. The van der Waals surface area contributed by atoms with Crippen LogP contribution >= 0.6 is 15.9 Å². The van der Waals surface area contributed by atoms with E-state index in [0.717, 1.165) is 16.9 Å². The Morgan fingerprint density at radius 3 is 2.76 bits per heavy atom. The fraction of sp³-hybridized carbons (Fsp3) is 0.462. The van der Waals surface area contributed by atoms with Gasteiger partial charge in [0.25, 0.3) is 5.91 Å². The fourth-order valence-corrected chi connectivity index (χ4v) is 2.35. The van der Waals surface area contributed by atoms with E-state index < -0.39 is 0 Å². The average Bonchev–Trinajstić information content (AvgIpc) is 2.97. The zero-order chi connectivity index (χ0) is 12.6. The fourth-order valence-electron chi connectivity index (χ4n) is 1.97. The van der Waals surface area contributed by atoms with Crippen molar-refractivity contribution in [2.75, 3.05) is 19.3 Å². The van der Waals surface area contributed by atoms with Crippen LogP contribution in [0.2, 0.25) is 0 Å². The minimum atomic E-state index is 0.0600. The lowest BCUT2D eigenvalue weighted by molar-refractivity contribution is 0.0787. The van der Waals surface area contributed by atoms with Crippen LogP contribution in [0.15, 0.2) is 22.7 Å². The maximum Gasteiger partial charge on any atom is 0.253 e. The van der Waals surface area contributed by atoms with E-state index in [-0.39, 0.29) is 5.91 Å². The van der Waals surface area contributed by atoms with Crippen molar-refractivity contribution in [1.29, 1.82) is 0 Å². The molecule has 1 aliphatic carbocycles. The Morgan fingerprint density at radius 2 is 2.24 bits per heavy atom. The minimum Gasteiger partial charge on any atom is -0.398 e. The summed E-state index contributed by atoms with van der Waals surface area (Å²) in [5, 5.41) is 0. The van der Waals surface area contributed by atoms with Crippen molar-refractivity contribution in [3.63, 3.8) is 0 Å². The van der Waals surface area contributed by atoms with Crippen molar-refractivity contribution in [2.24, 2.45) is 11.8 Å². The van der Waals surface area contributed by atoms with E-state index in [9.17, 15) is 4.79 Å². The first-order chi connectivity index (χ1) is 7.99. The smallest absolute Gasteiger partial charge is 0.253 e. The van der Waals surface area contributed by atoms with Crippen LogP contribution in [0.4, 0.5) is 5.69 Å². The zero-order valence-electron chi connectivity index (χ0n) is 10.1. The van der Waals surface area contributed by atoms with Crippen LogP contribution < -0.4 is 5.73 Å². The lowest BCUT2D eigenvalue weighted by atomic mass is 10.2. The highest BCUT2D eigenvalue weighted by Crippen LogP contribution is 2.38. The molecule has 0 spiro atoms. The van der Waals surface area contributed by atoms with Gasteiger partial charge in [0.05, 0.1) is 0 Å². The Labute approximate surface area is 110 Å². The molecule has 1 aromatic rings. The summed E-state index contributed by atoms with van der Waals surface area (Å²) in [6.45, 7) is 3.07. The zero-order valence-corrected chi connectivity index (χ0v) is 11.7. The van der Waals surface area contributed by atoms with Gasteiger partial charge in [-0.1, -0.05) is 6.92 Å². The standard InChI is InChI=1S/C13H17BrN2O/c1-8-5-10(8)7-16(2)13(17)9-3-4-12(15)11(14)6-9/h3-4,6,8,10H,5,7,15H2,1-2H3. The molecular formula is C13H17BrN2O. The highest BCUT2D eigenvalue weighted by Gasteiger charge is 2.34. The molecule has 92 valence electrons. The van der Waals surface area contributed by atoms with Gasteiger partial charge in [0.2, 0.25) is 0 Å². The highest BCUT2D eigenvalue weighted by molar-refractivity contribution is 9.10. The molecule has 2 unspecified atom stereocenters. The monoisotopic (exact) mass is 296 g/mol. The normalized spacial score (nSPS) is 22.3. The third-order valence-electron chi connectivity index (χ3n) is 3.38. The second-order valence-corrected chi connectivity index (χ2v) is 5.75. The van der Waals surface area contributed by atoms with Crippen LogP contribution in [0.1, 0.15) is 23.7 Å². The number of nitrogens with two attached hydrogens (primary N) is 1. The van der Waals surface area contributed by atoms with E-state index in [1.54, 1.807) is 23.1 Å². The van der Waals surface area contributed by atoms with E-state index in [0.29, 0.717) is 17.2 Å². The number of anilines is 1. The summed E-state index contributed by atoms with van der Waals surface area (Å²) in [4.78, 5) is 13.9. The molecule has 4 heteroatoms. The number of hydrogen-bond acceptors (Lipinski definition) is 2. The Bertz CT molecular complexity index is 447. The molecule has 0 radical (unpaired) electrons. The van der Waals surface area contributed by atoms with Gasteiger partial charge in [-0.25, -0.2) is 0 Å². The molecule has 1 fully saturated rings. The number of carbonyl (C=O) groups is 1. The summed E-state index contributed by atoms with van der Waals surface area (Å²) in [6, 6.07) is 5.31. The van der Waals surface area contributed by atoms with Gasteiger partial charge in [0, 0.05) is 29.3 Å². The van der Waals surface area contributed by atoms with Gasteiger partial charge in [0.1, 0.15) is 0 Å². The highest BCUT2D eigenvalue weighted by atomic mass is 79.9. The number of hydrogen-bond donors (Lipinski definition) is 1. The van der Waals surface area contributed by atoms with Crippen LogP contribution in [0.25, 0.3) is 0 Å². The van der Waals surface area contributed by atoms with Crippen LogP contribution in [0.5, 0.6) is 0 Å².